The van der Waals surface area contributed by atoms with Gasteiger partial charge in [-0.3, -0.25) is 4.68 Å². The Morgan fingerprint density at radius 1 is 1.50 bits per heavy atom. The summed E-state index contributed by atoms with van der Waals surface area (Å²) >= 11 is 0. The fraction of sp³-hybridized carbons (Fsp3) is 0.769. The number of hydrogen-bond acceptors (Lipinski definition) is 2. The molecular formula is C13H23N3. The van der Waals surface area contributed by atoms with Gasteiger partial charge in [0.1, 0.15) is 0 Å². The van der Waals surface area contributed by atoms with E-state index in [1.807, 2.05) is 0 Å². The van der Waals surface area contributed by atoms with Crippen molar-refractivity contribution in [3.05, 3.63) is 18.0 Å². The number of nitrogens with one attached hydrogen (secondary N) is 1. The van der Waals surface area contributed by atoms with Crippen LogP contribution in [-0.2, 0) is 0 Å². The second-order valence-corrected chi connectivity index (χ2v) is 5.65. The highest BCUT2D eigenvalue weighted by atomic mass is 15.3. The minimum atomic E-state index is 0.359. The van der Waals surface area contributed by atoms with Gasteiger partial charge in [-0.25, -0.2) is 0 Å². The molecule has 0 aliphatic heterocycles. The van der Waals surface area contributed by atoms with Gasteiger partial charge in [-0.2, -0.15) is 5.10 Å². The molecule has 16 heavy (non-hydrogen) atoms. The number of aryl methyl sites for hydroxylation is 1. The van der Waals surface area contributed by atoms with E-state index in [1.165, 1.54) is 19.3 Å². The van der Waals surface area contributed by atoms with Crippen LogP contribution in [0.15, 0.2) is 12.3 Å². The van der Waals surface area contributed by atoms with E-state index in [0.717, 1.165) is 5.69 Å². The topological polar surface area (TPSA) is 29.9 Å². The summed E-state index contributed by atoms with van der Waals surface area (Å²) in [5.74, 6) is 0. The number of aromatic nitrogens is 2. The van der Waals surface area contributed by atoms with Crippen molar-refractivity contribution in [3.8, 4) is 0 Å². The largest absolute Gasteiger partial charge is 0.314 e. The molecule has 1 N–H and O–H groups in total. The van der Waals surface area contributed by atoms with E-state index in [-0.39, 0.29) is 0 Å². The zero-order valence-corrected chi connectivity index (χ0v) is 10.8. The van der Waals surface area contributed by atoms with Crippen molar-refractivity contribution in [2.24, 2.45) is 5.41 Å². The standard InChI is InChI=1S/C13H23N3/c1-10-7-9-16(15-10)11-6-5-8-13(2,3)12(11)14-4/h7,9,11-12,14H,5-6,8H2,1-4H3. The maximum Gasteiger partial charge on any atom is 0.0677 e. The zero-order chi connectivity index (χ0) is 11.8. The summed E-state index contributed by atoms with van der Waals surface area (Å²) in [6.45, 7) is 6.77. The van der Waals surface area contributed by atoms with E-state index in [2.05, 4.69) is 55.2 Å². The molecule has 1 aromatic heterocycles. The highest BCUT2D eigenvalue weighted by Gasteiger charge is 2.39. The number of nitrogens with zero attached hydrogens (tertiary/aromatic N) is 2. The molecule has 1 aliphatic carbocycles. The smallest absolute Gasteiger partial charge is 0.0677 e. The molecule has 3 heteroatoms. The Labute approximate surface area is 98.2 Å². The molecule has 1 aromatic rings. The van der Waals surface area contributed by atoms with Gasteiger partial charge < -0.3 is 5.32 Å². The van der Waals surface area contributed by atoms with Crippen LogP contribution in [0.2, 0.25) is 0 Å². The average molecular weight is 221 g/mol. The summed E-state index contributed by atoms with van der Waals surface area (Å²) in [4.78, 5) is 0. The van der Waals surface area contributed by atoms with Crippen molar-refractivity contribution in [3.63, 3.8) is 0 Å². The summed E-state index contributed by atoms with van der Waals surface area (Å²) in [5.41, 5.74) is 1.47. The van der Waals surface area contributed by atoms with Gasteiger partial charge in [-0.15, -0.1) is 0 Å². The van der Waals surface area contributed by atoms with Crippen LogP contribution in [0.5, 0.6) is 0 Å². The van der Waals surface area contributed by atoms with Crippen LogP contribution >= 0.6 is 0 Å². The van der Waals surface area contributed by atoms with Gasteiger partial charge >= 0.3 is 0 Å². The summed E-state index contributed by atoms with van der Waals surface area (Å²) < 4.78 is 2.15. The Balaban J connectivity index is 2.25. The Morgan fingerprint density at radius 3 is 2.81 bits per heavy atom. The third-order valence-electron chi connectivity index (χ3n) is 3.94. The lowest BCUT2D eigenvalue weighted by Crippen LogP contribution is -2.49. The number of likely N-dealkylation sites (N-methyl/N-ethyl adjacent to an activating group) is 1. The van der Waals surface area contributed by atoms with Crippen LogP contribution in [0.25, 0.3) is 0 Å². The molecule has 0 radical (unpaired) electrons. The third-order valence-corrected chi connectivity index (χ3v) is 3.94. The highest BCUT2D eigenvalue weighted by Crippen LogP contribution is 2.40. The Hall–Kier alpha value is -0.830. The van der Waals surface area contributed by atoms with E-state index in [1.54, 1.807) is 0 Å². The second-order valence-electron chi connectivity index (χ2n) is 5.65. The Bertz CT molecular complexity index is 354. The van der Waals surface area contributed by atoms with Gasteiger partial charge in [-0.05, 0) is 38.3 Å². The first-order valence-corrected chi connectivity index (χ1v) is 6.23. The predicted octanol–water partition coefficient (Wildman–Crippen LogP) is 2.53. The van der Waals surface area contributed by atoms with Crippen LogP contribution < -0.4 is 5.32 Å². The predicted molar refractivity (Wildman–Crippen MR) is 66.5 cm³/mol. The minimum absolute atomic E-state index is 0.359. The molecule has 3 nitrogen and oxygen atoms in total. The molecule has 0 aromatic carbocycles. The van der Waals surface area contributed by atoms with Gasteiger partial charge in [0.05, 0.1) is 11.7 Å². The molecule has 2 atom stereocenters. The minimum Gasteiger partial charge on any atom is -0.314 e. The number of hydrogen-bond donors (Lipinski definition) is 1. The molecule has 1 aliphatic rings. The molecule has 2 unspecified atom stereocenters. The quantitative estimate of drug-likeness (QED) is 0.831. The van der Waals surface area contributed by atoms with Gasteiger partial charge in [0.15, 0.2) is 0 Å². The summed E-state index contributed by atoms with van der Waals surface area (Å²) in [7, 11) is 2.07. The van der Waals surface area contributed by atoms with Gasteiger partial charge in [0, 0.05) is 12.2 Å². The van der Waals surface area contributed by atoms with Crippen molar-refractivity contribution < 1.29 is 0 Å². The summed E-state index contributed by atoms with van der Waals surface area (Å²) in [5, 5.41) is 8.07. The van der Waals surface area contributed by atoms with E-state index in [9.17, 15) is 0 Å². The van der Waals surface area contributed by atoms with Crippen LogP contribution in [0.3, 0.4) is 0 Å². The normalized spacial score (nSPS) is 29.2. The van der Waals surface area contributed by atoms with Crippen LogP contribution in [0.4, 0.5) is 0 Å². The lowest BCUT2D eigenvalue weighted by atomic mass is 9.71. The molecule has 2 rings (SSSR count). The molecule has 1 saturated carbocycles. The maximum atomic E-state index is 4.57. The van der Waals surface area contributed by atoms with Gasteiger partial charge in [0.25, 0.3) is 0 Å². The maximum absolute atomic E-state index is 4.57. The van der Waals surface area contributed by atoms with Gasteiger partial charge in [0.2, 0.25) is 0 Å². The SMILES string of the molecule is CNC1C(n2ccc(C)n2)CCCC1(C)C. The Kier molecular flexibility index (Phi) is 3.06. The fourth-order valence-corrected chi connectivity index (χ4v) is 3.10. The molecular weight excluding hydrogens is 198 g/mol. The first-order chi connectivity index (χ1) is 7.54. The van der Waals surface area contributed by atoms with E-state index >= 15 is 0 Å². The van der Waals surface area contributed by atoms with Crippen molar-refractivity contribution >= 4 is 0 Å². The first kappa shape index (κ1) is 11.6. The fourth-order valence-electron chi connectivity index (χ4n) is 3.10. The Morgan fingerprint density at radius 2 is 2.25 bits per heavy atom. The zero-order valence-electron chi connectivity index (χ0n) is 10.8. The monoisotopic (exact) mass is 221 g/mol. The summed E-state index contributed by atoms with van der Waals surface area (Å²) in [6.07, 6.45) is 5.95. The molecule has 0 bridgehead atoms. The van der Waals surface area contributed by atoms with Crippen molar-refractivity contribution in [1.82, 2.24) is 15.1 Å². The molecule has 0 spiro atoms. The van der Waals surface area contributed by atoms with E-state index in [0.29, 0.717) is 17.5 Å². The summed E-state index contributed by atoms with van der Waals surface area (Å²) in [6, 6.07) is 3.11. The molecule has 0 saturated heterocycles. The molecule has 1 heterocycles. The van der Waals surface area contributed by atoms with Crippen LogP contribution in [0, 0.1) is 12.3 Å². The first-order valence-electron chi connectivity index (χ1n) is 6.23. The molecule has 1 fully saturated rings. The lowest BCUT2D eigenvalue weighted by Gasteiger charge is -2.44. The second kappa shape index (κ2) is 4.21. The van der Waals surface area contributed by atoms with Crippen molar-refractivity contribution in [2.45, 2.75) is 52.1 Å². The van der Waals surface area contributed by atoms with Crippen LogP contribution in [0.1, 0.15) is 44.8 Å². The third kappa shape index (κ3) is 2.01. The van der Waals surface area contributed by atoms with E-state index < -0.39 is 0 Å². The lowest BCUT2D eigenvalue weighted by molar-refractivity contribution is 0.112. The van der Waals surface area contributed by atoms with Crippen molar-refractivity contribution in [2.75, 3.05) is 7.05 Å². The van der Waals surface area contributed by atoms with Crippen molar-refractivity contribution in [1.29, 1.82) is 0 Å². The molecule has 0 amide bonds. The molecule has 90 valence electrons. The van der Waals surface area contributed by atoms with E-state index in [4.69, 9.17) is 0 Å². The highest BCUT2D eigenvalue weighted by molar-refractivity contribution is 5.01. The average Bonchev–Trinajstić information content (AvgIpc) is 2.63. The van der Waals surface area contributed by atoms with Crippen LogP contribution in [-0.4, -0.2) is 22.9 Å². The van der Waals surface area contributed by atoms with Gasteiger partial charge in [-0.1, -0.05) is 20.3 Å². The number of rotatable bonds is 2.